The summed E-state index contributed by atoms with van der Waals surface area (Å²) in [6.07, 6.45) is 0.668. The van der Waals surface area contributed by atoms with Gasteiger partial charge in [0.1, 0.15) is 11.6 Å². The van der Waals surface area contributed by atoms with Crippen molar-refractivity contribution in [2.45, 2.75) is 12.5 Å². The molecule has 5 heteroatoms. The molecule has 1 aliphatic rings. The van der Waals surface area contributed by atoms with Gasteiger partial charge in [-0.2, -0.15) is 0 Å². The Kier molecular flexibility index (Phi) is 3.92. The lowest BCUT2D eigenvalue weighted by Crippen LogP contribution is -2.32. The van der Waals surface area contributed by atoms with Crippen LogP contribution in [0.15, 0.2) is 46.9 Å². The van der Waals surface area contributed by atoms with Crippen LogP contribution in [0.2, 0.25) is 0 Å². The van der Waals surface area contributed by atoms with Gasteiger partial charge in [0.2, 0.25) is 0 Å². The van der Waals surface area contributed by atoms with E-state index in [4.69, 9.17) is 4.74 Å². The Morgan fingerprint density at radius 2 is 2.10 bits per heavy atom. The molecule has 2 aromatic rings. The molecule has 0 radical (unpaired) electrons. The monoisotopic (exact) mass is 349 g/mol. The molecule has 0 fully saturated rings. The molecule has 1 atom stereocenters. The number of benzene rings is 2. The predicted molar refractivity (Wildman–Crippen MR) is 80.9 cm³/mol. The highest BCUT2D eigenvalue weighted by Gasteiger charge is 2.24. The Balaban J connectivity index is 1.83. The highest BCUT2D eigenvalue weighted by atomic mass is 79.9. The van der Waals surface area contributed by atoms with Crippen molar-refractivity contribution in [3.8, 4) is 5.75 Å². The Morgan fingerprint density at radius 3 is 2.90 bits per heavy atom. The van der Waals surface area contributed by atoms with Crippen molar-refractivity contribution < 1.29 is 13.9 Å². The van der Waals surface area contributed by atoms with Crippen LogP contribution in [-0.2, 0) is 0 Å². The number of rotatable bonds is 2. The molecule has 1 unspecified atom stereocenters. The summed E-state index contributed by atoms with van der Waals surface area (Å²) in [6.45, 7) is 0.533. The van der Waals surface area contributed by atoms with E-state index in [0.717, 1.165) is 11.3 Å². The molecule has 1 aliphatic heterocycles. The van der Waals surface area contributed by atoms with Crippen LogP contribution in [0, 0.1) is 5.82 Å². The molecule has 1 N–H and O–H groups in total. The van der Waals surface area contributed by atoms with Gasteiger partial charge in [0, 0.05) is 16.5 Å². The summed E-state index contributed by atoms with van der Waals surface area (Å²) in [5.41, 5.74) is 0.969. The number of para-hydroxylation sites is 1. The fourth-order valence-corrected chi connectivity index (χ4v) is 2.73. The van der Waals surface area contributed by atoms with Crippen LogP contribution in [0.4, 0.5) is 4.39 Å². The molecule has 0 aliphatic carbocycles. The molecule has 21 heavy (non-hydrogen) atoms. The molecule has 1 amide bonds. The van der Waals surface area contributed by atoms with Gasteiger partial charge in [-0.1, -0.05) is 34.1 Å². The average Bonchev–Trinajstić information content (AvgIpc) is 2.47. The molecule has 0 spiro atoms. The number of nitrogens with one attached hydrogen (secondary N) is 1. The first-order valence-corrected chi connectivity index (χ1v) is 7.42. The zero-order valence-electron chi connectivity index (χ0n) is 11.1. The first-order chi connectivity index (χ1) is 10.1. The molecule has 3 nitrogen and oxygen atoms in total. The van der Waals surface area contributed by atoms with Crippen molar-refractivity contribution in [2.75, 3.05) is 6.61 Å². The second-order valence-electron chi connectivity index (χ2n) is 4.83. The van der Waals surface area contributed by atoms with E-state index < -0.39 is 11.7 Å². The summed E-state index contributed by atoms with van der Waals surface area (Å²) in [5.74, 6) is -0.186. The van der Waals surface area contributed by atoms with Crippen LogP contribution in [0.3, 0.4) is 0 Å². The quantitative estimate of drug-likeness (QED) is 0.894. The van der Waals surface area contributed by atoms with Crippen LogP contribution < -0.4 is 10.1 Å². The minimum absolute atomic E-state index is 0.0437. The van der Waals surface area contributed by atoms with Crippen LogP contribution in [0.25, 0.3) is 0 Å². The SMILES string of the molecule is O=C(NC1CCOc2ccccc21)c1ccc(Br)cc1F. The molecule has 2 aromatic carbocycles. The number of ether oxygens (including phenoxy) is 1. The first-order valence-electron chi connectivity index (χ1n) is 6.63. The van der Waals surface area contributed by atoms with Crippen molar-refractivity contribution in [3.05, 3.63) is 63.9 Å². The highest BCUT2D eigenvalue weighted by molar-refractivity contribution is 9.10. The van der Waals surface area contributed by atoms with Gasteiger partial charge in [0.25, 0.3) is 5.91 Å². The largest absolute Gasteiger partial charge is 0.493 e. The minimum Gasteiger partial charge on any atom is -0.493 e. The smallest absolute Gasteiger partial charge is 0.254 e. The lowest BCUT2D eigenvalue weighted by Gasteiger charge is -2.26. The maximum atomic E-state index is 13.8. The zero-order valence-corrected chi connectivity index (χ0v) is 12.7. The topological polar surface area (TPSA) is 38.3 Å². The number of halogens is 2. The van der Waals surface area contributed by atoms with Gasteiger partial charge in [0.05, 0.1) is 18.2 Å². The summed E-state index contributed by atoms with van der Waals surface area (Å²) >= 11 is 3.18. The van der Waals surface area contributed by atoms with Crippen molar-refractivity contribution in [1.29, 1.82) is 0 Å². The number of amides is 1. The Labute approximate surface area is 130 Å². The van der Waals surface area contributed by atoms with Gasteiger partial charge in [-0.05, 0) is 24.3 Å². The Bertz CT molecular complexity index is 690. The summed E-state index contributed by atoms with van der Waals surface area (Å²) in [6, 6.07) is 11.8. The van der Waals surface area contributed by atoms with Gasteiger partial charge in [-0.15, -0.1) is 0 Å². The fourth-order valence-electron chi connectivity index (χ4n) is 2.40. The lowest BCUT2D eigenvalue weighted by molar-refractivity contribution is 0.0920. The van der Waals surface area contributed by atoms with E-state index in [-0.39, 0.29) is 11.6 Å². The summed E-state index contributed by atoms with van der Waals surface area (Å²) < 4.78 is 20.0. The van der Waals surface area contributed by atoms with E-state index in [1.54, 1.807) is 6.07 Å². The normalized spacial score (nSPS) is 16.8. The second kappa shape index (κ2) is 5.85. The van der Waals surface area contributed by atoms with E-state index >= 15 is 0 Å². The van der Waals surface area contributed by atoms with Crippen LogP contribution in [-0.4, -0.2) is 12.5 Å². The van der Waals surface area contributed by atoms with E-state index in [0.29, 0.717) is 17.5 Å². The Hall–Kier alpha value is -1.88. The Morgan fingerprint density at radius 1 is 1.29 bits per heavy atom. The van der Waals surface area contributed by atoms with Crippen molar-refractivity contribution in [3.63, 3.8) is 0 Å². The third-order valence-corrected chi connectivity index (χ3v) is 3.93. The molecule has 0 bridgehead atoms. The van der Waals surface area contributed by atoms with E-state index in [1.807, 2.05) is 24.3 Å². The molecular formula is C16H13BrFNO2. The zero-order chi connectivity index (χ0) is 14.8. The van der Waals surface area contributed by atoms with Crippen molar-refractivity contribution >= 4 is 21.8 Å². The summed E-state index contributed by atoms with van der Waals surface area (Å²) in [7, 11) is 0. The molecule has 0 saturated carbocycles. The maximum absolute atomic E-state index is 13.8. The van der Waals surface area contributed by atoms with Crippen molar-refractivity contribution in [2.24, 2.45) is 0 Å². The molecule has 0 aromatic heterocycles. The lowest BCUT2D eigenvalue weighted by atomic mass is 10.00. The average molecular weight is 350 g/mol. The van der Waals surface area contributed by atoms with Gasteiger partial charge >= 0.3 is 0 Å². The third-order valence-electron chi connectivity index (χ3n) is 3.44. The molecule has 0 saturated heterocycles. The molecule has 108 valence electrons. The third kappa shape index (κ3) is 2.93. The summed E-state index contributed by atoms with van der Waals surface area (Å²) in [4.78, 5) is 12.2. The van der Waals surface area contributed by atoms with Crippen LogP contribution in [0.1, 0.15) is 28.4 Å². The molecule has 1 heterocycles. The minimum atomic E-state index is -0.540. The van der Waals surface area contributed by atoms with E-state index in [9.17, 15) is 9.18 Å². The van der Waals surface area contributed by atoms with Crippen LogP contribution in [0.5, 0.6) is 5.75 Å². The van der Waals surface area contributed by atoms with Gasteiger partial charge < -0.3 is 10.1 Å². The number of hydrogen-bond acceptors (Lipinski definition) is 2. The number of fused-ring (bicyclic) bond motifs is 1. The highest BCUT2D eigenvalue weighted by Crippen LogP contribution is 2.31. The fraction of sp³-hybridized carbons (Fsp3) is 0.188. The maximum Gasteiger partial charge on any atom is 0.254 e. The van der Waals surface area contributed by atoms with E-state index in [1.165, 1.54) is 12.1 Å². The van der Waals surface area contributed by atoms with Gasteiger partial charge in [-0.3, -0.25) is 4.79 Å². The van der Waals surface area contributed by atoms with Crippen molar-refractivity contribution in [1.82, 2.24) is 5.32 Å². The first kappa shape index (κ1) is 14.1. The summed E-state index contributed by atoms with van der Waals surface area (Å²) in [5, 5.41) is 2.88. The molecule has 3 rings (SSSR count). The molecular weight excluding hydrogens is 337 g/mol. The number of hydrogen-bond donors (Lipinski definition) is 1. The number of carbonyl (C=O) groups excluding carboxylic acids is 1. The predicted octanol–water partition coefficient (Wildman–Crippen LogP) is 3.84. The standard InChI is InChI=1S/C16H13BrFNO2/c17-10-5-6-11(13(18)9-10)16(20)19-14-7-8-21-15-4-2-1-3-12(14)15/h1-6,9,14H,7-8H2,(H,19,20). The second-order valence-corrected chi connectivity index (χ2v) is 5.74. The number of carbonyl (C=O) groups is 1. The van der Waals surface area contributed by atoms with Gasteiger partial charge in [0.15, 0.2) is 0 Å². The van der Waals surface area contributed by atoms with E-state index in [2.05, 4.69) is 21.2 Å². The van der Waals surface area contributed by atoms with Gasteiger partial charge in [-0.25, -0.2) is 4.39 Å². The van der Waals surface area contributed by atoms with Crippen LogP contribution >= 0.6 is 15.9 Å².